The molecule has 1 aromatic heterocycles. The number of benzene rings is 1. The van der Waals surface area contributed by atoms with E-state index in [1.165, 1.54) is 6.07 Å². The minimum absolute atomic E-state index is 0.00794. The molecule has 1 aromatic carbocycles. The largest absolute Gasteiger partial charge is 0.347 e. The van der Waals surface area contributed by atoms with Crippen molar-refractivity contribution in [2.45, 2.75) is 75.4 Å². The Balaban J connectivity index is 1.62. The van der Waals surface area contributed by atoms with Crippen molar-refractivity contribution in [1.82, 2.24) is 19.6 Å². The molecule has 1 saturated carbocycles. The van der Waals surface area contributed by atoms with Crippen LogP contribution in [0.3, 0.4) is 0 Å². The van der Waals surface area contributed by atoms with Crippen LogP contribution in [0.25, 0.3) is 0 Å². The summed E-state index contributed by atoms with van der Waals surface area (Å²) in [5.74, 6) is -0.168. The predicted molar refractivity (Wildman–Crippen MR) is 135 cm³/mol. The minimum Gasteiger partial charge on any atom is -0.347 e. The van der Waals surface area contributed by atoms with Crippen LogP contribution in [0.15, 0.2) is 29.4 Å². The molecule has 0 spiro atoms. The van der Waals surface area contributed by atoms with Crippen LogP contribution in [0.2, 0.25) is 0 Å². The monoisotopic (exact) mass is 514 g/mol. The van der Waals surface area contributed by atoms with Crippen LogP contribution >= 0.6 is 0 Å². The number of rotatable bonds is 5. The lowest BCUT2D eigenvalue weighted by molar-refractivity contribution is -0.132. The number of aryl methyl sites for hydroxylation is 1. The van der Waals surface area contributed by atoms with Crippen LogP contribution in [0.4, 0.5) is 5.69 Å². The third-order valence-electron chi connectivity index (χ3n) is 8.02. The Labute approximate surface area is 212 Å². The number of nitrogens with zero attached hydrogens (tertiary/aromatic N) is 5. The van der Waals surface area contributed by atoms with E-state index in [0.717, 1.165) is 29.7 Å². The molecule has 3 aliphatic rings. The van der Waals surface area contributed by atoms with E-state index in [4.69, 9.17) is 5.14 Å². The molecule has 2 amide bonds. The molecule has 36 heavy (non-hydrogen) atoms. The highest BCUT2D eigenvalue weighted by Crippen LogP contribution is 2.50. The zero-order chi connectivity index (χ0) is 26.0. The normalized spacial score (nSPS) is 23.6. The number of aromatic nitrogens is 2. The first-order valence-electron chi connectivity index (χ1n) is 12.4. The highest BCUT2D eigenvalue weighted by molar-refractivity contribution is 7.89. The second-order valence-corrected chi connectivity index (χ2v) is 12.4. The molecule has 11 heteroatoms. The molecule has 2 atom stereocenters. The smallest absolute Gasteiger partial charge is 0.257 e. The Morgan fingerprint density at radius 1 is 1.28 bits per heavy atom. The number of carbonyl (C=O) groups is 2. The maximum Gasteiger partial charge on any atom is 0.257 e. The highest BCUT2D eigenvalue weighted by atomic mass is 32.2. The van der Waals surface area contributed by atoms with Gasteiger partial charge in [-0.05, 0) is 63.1 Å². The van der Waals surface area contributed by atoms with Gasteiger partial charge in [0.05, 0.1) is 35.6 Å². The van der Waals surface area contributed by atoms with Crippen LogP contribution in [0.5, 0.6) is 0 Å². The average Bonchev–Trinajstić information content (AvgIpc) is 3.42. The van der Waals surface area contributed by atoms with E-state index in [0.29, 0.717) is 38.2 Å². The maximum absolute atomic E-state index is 13.8. The van der Waals surface area contributed by atoms with E-state index < -0.39 is 10.0 Å². The Morgan fingerprint density at radius 3 is 2.56 bits per heavy atom. The summed E-state index contributed by atoms with van der Waals surface area (Å²) >= 11 is 0. The number of likely N-dealkylation sites (tertiary alicyclic amines) is 1. The summed E-state index contributed by atoms with van der Waals surface area (Å²) in [6.45, 7) is 7.17. The van der Waals surface area contributed by atoms with Gasteiger partial charge in [-0.2, -0.15) is 5.10 Å². The van der Waals surface area contributed by atoms with Crippen LogP contribution in [0, 0.1) is 0 Å². The van der Waals surface area contributed by atoms with Gasteiger partial charge < -0.3 is 14.7 Å². The predicted octanol–water partition coefficient (Wildman–Crippen LogP) is 2.15. The number of anilines is 1. The highest BCUT2D eigenvalue weighted by Gasteiger charge is 2.49. The van der Waals surface area contributed by atoms with Crippen molar-refractivity contribution in [3.05, 3.63) is 41.2 Å². The molecule has 10 nitrogen and oxygen atoms in total. The molecule has 1 aliphatic carbocycles. The number of primary sulfonamides is 1. The summed E-state index contributed by atoms with van der Waals surface area (Å²) in [7, 11) is -2.21. The van der Waals surface area contributed by atoms with Gasteiger partial charge in [0.2, 0.25) is 15.9 Å². The number of hydrogen-bond acceptors (Lipinski definition) is 6. The summed E-state index contributed by atoms with van der Waals surface area (Å²) in [5.41, 5.74) is 2.84. The Morgan fingerprint density at radius 2 is 2.00 bits per heavy atom. The molecular formula is C25H34N6O4S. The van der Waals surface area contributed by atoms with Gasteiger partial charge in [-0.25, -0.2) is 13.6 Å². The fourth-order valence-corrected chi connectivity index (χ4v) is 6.33. The molecule has 1 saturated heterocycles. The lowest BCUT2D eigenvalue weighted by atomic mass is 9.83. The molecule has 2 N–H and O–H groups in total. The first-order chi connectivity index (χ1) is 16.9. The summed E-state index contributed by atoms with van der Waals surface area (Å²) in [6.07, 6.45) is 7.00. The van der Waals surface area contributed by atoms with Crippen LogP contribution < -0.4 is 10.0 Å². The lowest BCUT2D eigenvalue weighted by Crippen LogP contribution is -2.51. The second kappa shape index (κ2) is 8.58. The molecule has 1 unspecified atom stereocenters. The number of piperidine rings is 1. The van der Waals surface area contributed by atoms with Crippen molar-refractivity contribution in [2.24, 2.45) is 12.2 Å². The molecule has 0 bridgehead atoms. The maximum atomic E-state index is 13.8. The van der Waals surface area contributed by atoms with Crippen molar-refractivity contribution < 1.29 is 18.0 Å². The first-order valence-corrected chi connectivity index (χ1v) is 13.9. The third-order valence-corrected chi connectivity index (χ3v) is 8.91. The Kier molecular flexibility index (Phi) is 5.90. The second-order valence-electron chi connectivity index (χ2n) is 10.8. The molecule has 2 aliphatic heterocycles. The van der Waals surface area contributed by atoms with Crippen LogP contribution in [-0.2, 0) is 28.4 Å². The van der Waals surface area contributed by atoms with Crippen molar-refractivity contribution in [1.29, 1.82) is 0 Å². The molecule has 2 aromatic rings. The van der Waals surface area contributed by atoms with E-state index in [1.54, 1.807) is 28.8 Å². The van der Waals surface area contributed by atoms with Gasteiger partial charge in [0.15, 0.2) is 0 Å². The lowest BCUT2D eigenvalue weighted by Gasteiger charge is -2.45. The Hall–Kier alpha value is -2.92. The number of fused-ring (bicyclic) bond motifs is 1. The first kappa shape index (κ1) is 24.8. The zero-order valence-corrected chi connectivity index (χ0v) is 22.1. The van der Waals surface area contributed by atoms with Crippen molar-refractivity contribution in [3.8, 4) is 0 Å². The quantitative estimate of drug-likeness (QED) is 0.653. The van der Waals surface area contributed by atoms with Crippen LogP contribution in [-0.4, -0.2) is 64.6 Å². The van der Waals surface area contributed by atoms with E-state index in [9.17, 15) is 18.0 Å². The van der Waals surface area contributed by atoms with Crippen LogP contribution in [0.1, 0.15) is 73.9 Å². The number of nitrogens with two attached hydrogens (primary N) is 1. The van der Waals surface area contributed by atoms with Crippen molar-refractivity contribution in [3.63, 3.8) is 0 Å². The van der Waals surface area contributed by atoms with Crippen molar-refractivity contribution in [2.75, 3.05) is 18.1 Å². The summed E-state index contributed by atoms with van der Waals surface area (Å²) in [6, 6.07) is 3.12. The van der Waals surface area contributed by atoms with Gasteiger partial charge >= 0.3 is 0 Å². The number of carbonyl (C=O) groups excluding carboxylic acids is 2. The molecule has 194 valence electrons. The van der Waals surface area contributed by atoms with Gasteiger partial charge in [0.25, 0.3) is 5.91 Å². The van der Waals surface area contributed by atoms with E-state index in [1.807, 2.05) is 25.1 Å². The zero-order valence-electron chi connectivity index (χ0n) is 21.3. The molecule has 0 radical (unpaired) electrons. The summed E-state index contributed by atoms with van der Waals surface area (Å²) < 4.78 is 26.7. The molecular weight excluding hydrogens is 480 g/mol. The van der Waals surface area contributed by atoms with Gasteiger partial charge in [0.1, 0.15) is 0 Å². The fourth-order valence-electron chi connectivity index (χ4n) is 5.75. The Bertz CT molecular complexity index is 1330. The standard InChI is InChI=1S/C25H34N6O4S/c1-16-9-19(5-8-30(16)17(2)32)21-10-20(36(26,34)35)11-22-23(21)31(25(3)6-7-25)15-29(24(22)33)14-18-12-27-28(4)13-18/h10-13,16,19H,5-9,14-15H2,1-4H3,(H2,26,34,35)/t16-,19?/m1/s1. The summed E-state index contributed by atoms with van der Waals surface area (Å²) in [4.78, 5) is 31.7. The molecule has 2 fully saturated rings. The number of amides is 2. The summed E-state index contributed by atoms with van der Waals surface area (Å²) in [5, 5.41) is 9.81. The fraction of sp³-hybridized carbons (Fsp3) is 0.560. The van der Waals surface area contributed by atoms with Gasteiger partial charge in [0, 0.05) is 43.9 Å². The molecule has 5 rings (SSSR count). The molecule has 3 heterocycles. The number of sulfonamides is 1. The minimum atomic E-state index is -4.04. The van der Waals surface area contributed by atoms with Crippen molar-refractivity contribution >= 4 is 27.5 Å². The number of hydrogen-bond donors (Lipinski definition) is 1. The van der Waals surface area contributed by atoms with E-state index >= 15 is 0 Å². The average molecular weight is 515 g/mol. The third kappa shape index (κ3) is 4.39. The van der Waals surface area contributed by atoms with Gasteiger partial charge in [-0.3, -0.25) is 14.3 Å². The van der Waals surface area contributed by atoms with Gasteiger partial charge in [-0.1, -0.05) is 0 Å². The van der Waals surface area contributed by atoms with Gasteiger partial charge in [-0.15, -0.1) is 0 Å². The SMILES string of the molecule is CC(=O)N1CCC(c2cc(S(N)(=O)=O)cc3c2N(C2(C)CC2)CN(Cc2cnn(C)c2)C3=O)C[C@H]1C. The topological polar surface area (TPSA) is 122 Å². The van der Waals surface area contributed by atoms with E-state index in [2.05, 4.69) is 16.9 Å². The van der Waals surface area contributed by atoms with E-state index in [-0.39, 0.29) is 34.2 Å².